The highest BCUT2D eigenvalue weighted by Crippen LogP contribution is 2.16. The molecule has 0 spiro atoms. The molecule has 1 atom stereocenters. The molecular weight excluding hydrogens is 338 g/mol. The Balaban J connectivity index is 1.38. The predicted molar refractivity (Wildman–Crippen MR) is 109 cm³/mol. The van der Waals surface area contributed by atoms with Gasteiger partial charge in [0, 0.05) is 31.4 Å². The number of anilines is 1. The molecule has 1 unspecified atom stereocenters. The smallest absolute Gasteiger partial charge is 0.315 e. The number of nitrogens with zero attached hydrogens (tertiary/aromatic N) is 1. The number of benzene rings is 2. The van der Waals surface area contributed by atoms with Crippen molar-refractivity contribution < 1.29 is 9.53 Å². The number of carbonyl (C=O) groups is 1. The summed E-state index contributed by atoms with van der Waals surface area (Å²) in [7, 11) is 0. The summed E-state index contributed by atoms with van der Waals surface area (Å²) in [4.78, 5) is 14.4. The first-order valence-corrected chi connectivity index (χ1v) is 9.70. The zero-order valence-corrected chi connectivity index (χ0v) is 16.0. The van der Waals surface area contributed by atoms with Gasteiger partial charge in [0.15, 0.2) is 0 Å². The van der Waals surface area contributed by atoms with Gasteiger partial charge in [0.1, 0.15) is 0 Å². The lowest BCUT2D eigenvalue weighted by Gasteiger charge is -2.28. The Morgan fingerprint density at radius 3 is 2.44 bits per heavy atom. The van der Waals surface area contributed by atoms with E-state index in [9.17, 15) is 4.79 Å². The van der Waals surface area contributed by atoms with Crippen molar-refractivity contribution in [1.29, 1.82) is 0 Å². The first-order valence-electron chi connectivity index (χ1n) is 9.70. The quantitative estimate of drug-likeness (QED) is 0.789. The van der Waals surface area contributed by atoms with E-state index in [2.05, 4.69) is 51.9 Å². The highest BCUT2D eigenvalue weighted by Gasteiger charge is 2.11. The maximum Gasteiger partial charge on any atom is 0.315 e. The topological polar surface area (TPSA) is 53.6 Å². The lowest BCUT2D eigenvalue weighted by atomic mass is 10.1. The molecule has 2 N–H and O–H groups in total. The maximum atomic E-state index is 12.1. The monoisotopic (exact) mass is 367 g/mol. The third-order valence-electron chi connectivity index (χ3n) is 4.85. The summed E-state index contributed by atoms with van der Waals surface area (Å²) in [5, 5.41) is 5.95. The number of carbonyl (C=O) groups excluding carboxylic acids is 1. The van der Waals surface area contributed by atoms with Crippen molar-refractivity contribution in [3.8, 4) is 0 Å². The Kier molecular flexibility index (Phi) is 7.11. The fourth-order valence-corrected chi connectivity index (χ4v) is 3.20. The summed E-state index contributed by atoms with van der Waals surface area (Å²) in [6.07, 6.45) is 1.89. The highest BCUT2D eigenvalue weighted by atomic mass is 16.5. The maximum absolute atomic E-state index is 12.1. The number of aryl methyl sites for hydroxylation is 1. The average molecular weight is 367 g/mol. The second-order valence-electron chi connectivity index (χ2n) is 7.02. The highest BCUT2D eigenvalue weighted by molar-refractivity contribution is 5.74. The molecule has 2 aromatic rings. The van der Waals surface area contributed by atoms with Crippen molar-refractivity contribution in [1.82, 2.24) is 10.6 Å². The van der Waals surface area contributed by atoms with E-state index in [4.69, 9.17) is 4.74 Å². The van der Waals surface area contributed by atoms with E-state index in [-0.39, 0.29) is 12.1 Å². The molecule has 0 aromatic heterocycles. The Bertz CT molecular complexity index is 697. The van der Waals surface area contributed by atoms with Crippen LogP contribution in [0.25, 0.3) is 0 Å². The molecule has 5 heteroatoms. The van der Waals surface area contributed by atoms with Crippen LogP contribution in [-0.2, 0) is 17.7 Å². The first kappa shape index (κ1) is 19.2. The lowest BCUT2D eigenvalue weighted by molar-refractivity contribution is 0.122. The molecule has 1 heterocycles. The van der Waals surface area contributed by atoms with Gasteiger partial charge in [0.05, 0.1) is 13.2 Å². The molecule has 1 fully saturated rings. The minimum Gasteiger partial charge on any atom is -0.378 e. The van der Waals surface area contributed by atoms with Crippen molar-refractivity contribution in [2.24, 2.45) is 0 Å². The number of ether oxygens (including phenoxy) is 1. The number of nitrogens with one attached hydrogen (secondary N) is 2. The van der Waals surface area contributed by atoms with E-state index >= 15 is 0 Å². The standard InChI is InChI=1S/C22H29N3O2/c1-18(7-8-19-5-3-2-4-6-19)24-22(26)23-17-20-9-11-21(12-10-20)25-13-15-27-16-14-25/h2-6,9-12,18H,7-8,13-17H2,1H3,(H2,23,24,26). The molecule has 2 aromatic carbocycles. The fraction of sp³-hybridized carbons (Fsp3) is 0.409. The third kappa shape index (κ3) is 6.29. The largest absolute Gasteiger partial charge is 0.378 e. The second kappa shape index (κ2) is 9.97. The van der Waals surface area contributed by atoms with Gasteiger partial charge in [-0.1, -0.05) is 42.5 Å². The summed E-state index contributed by atoms with van der Waals surface area (Å²) in [6, 6.07) is 18.7. The van der Waals surface area contributed by atoms with Crippen LogP contribution in [0.5, 0.6) is 0 Å². The molecule has 27 heavy (non-hydrogen) atoms. The number of morpholine rings is 1. The Hall–Kier alpha value is -2.53. The van der Waals surface area contributed by atoms with Crippen LogP contribution in [0.15, 0.2) is 54.6 Å². The third-order valence-corrected chi connectivity index (χ3v) is 4.85. The molecule has 1 saturated heterocycles. The van der Waals surface area contributed by atoms with Crippen LogP contribution >= 0.6 is 0 Å². The number of hydrogen-bond donors (Lipinski definition) is 2. The summed E-state index contributed by atoms with van der Waals surface area (Å²) >= 11 is 0. The second-order valence-corrected chi connectivity index (χ2v) is 7.02. The molecule has 0 radical (unpaired) electrons. The van der Waals surface area contributed by atoms with Gasteiger partial charge >= 0.3 is 6.03 Å². The molecule has 5 nitrogen and oxygen atoms in total. The van der Waals surface area contributed by atoms with E-state index < -0.39 is 0 Å². The van der Waals surface area contributed by atoms with Gasteiger partial charge in [-0.3, -0.25) is 0 Å². The van der Waals surface area contributed by atoms with Crippen LogP contribution in [0.3, 0.4) is 0 Å². The summed E-state index contributed by atoms with van der Waals surface area (Å²) in [6.45, 7) is 6.00. The molecule has 0 saturated carbocycles. The average Bonchev–Trinajstić information content (AvgIpc) is 2.72. The van der Waals surface area contributed by atoms with Crippen molar-refractivity contribution in [2.75, 3.05) is 31.2 Å². The Morgan fingerprint density at radius 2 is 1.74 bits per heavy atom. The van der Waals surface area contributed by atoms with Crippen molar-refractivity contribution in [3.63, 3.8) is 0 Å². The first-order chi connectivity index (χ1) is 13.2. The fourth-order valence-electron chi connectivity index (χ4n) is 3.20. The number of rotatable bonds is 7. The van der Waals surface area contributed by atoms with Crippen LogP contribution in [0.1, 0.15) is 24.5 Å². The van der Waals surface area contributed by atoms with E-state index in [1.54, 1.807) is 0 Å². The number of amides is 2. The van der Waals surface area contributed by atoms with Crippen molar-refractivity contribution in [3.05, 3.63) is 65.7 Å². The summed E-state index contributed by atoms with van der Waals surface area (Å²) in [5.74, 6) is 0. The van der Waals surface area contributed by atoms with Gasteiger partial charge in [0.2, 0.25) is 0 Å². The van der Waals surface area contributed by atoms with Gasteiger partial charge in [-0.2, -0.15) is 0 Å². The molecular formula is C22H29N3O2. The molecule has 1 aliphatic rings. The number of urea groups is 1. The predicted octanol–water partition coefficient (Wildman–Crippen LogP) is 3.34. The summed E-state index contributed by atoms with van der Waals surface area (Å²) < 4.78 is 5.39. The minimum absolute atomic E-state index is 0.118. The van der Waals surface area contributed by atoms with Crippen LogP contribution in [-0.4, -0.2) is 38.4 Å². The van der Waals surface area contributed by atoms with Crippen LogP contribution in [0.4, 0.5) is 10.5 Å². The van der Waals surface area contributed by atoms with E-state index in [1.165, 1.54) is 11.3 Å². The van der Waals surface area contributed by atoms with Crippen LogP contribution in [0, 0.1) is 0 Å². The molecule has 1 aliphatic heterocycles. The Morgan fingerprint density at radius 1 is 1.04 bits per heavy atom. The minimum atomic E-state index is -0.118. The lowest BCUT2D eigenvalue weighted by Crippen LogP contribution is -2.40. The van der Waals surface area contributed by atoms with Gasteiger partial charge in [-0.15, -0.1) is 0 Å². The molecule has 2 amide bonds. The van der Waals surface area contributed by atoms with E-state index in [1.807, 2.05) is 25.1 Å². The zero-order chi connectivity index (χ0) is 18.9. The van der Waals surface area contributed by atoms with Crippen molar-refractivity contribution in [2.45, 2.75) is 32.4 Å². The van der Waals surface area contributed by atoms with Gasteiger partial charge < -0.3 is 20.3 Å². The van der Waals surface area contributed by atoms with E-state index in [0.717, 1.165) is 44.7 Å². The normalized spacial score (nSPS) is 15.2. The summed E-state index contributed by atoms with van der Waals surface area (Å²) in [5.41, 5.74) is 3.60. The van der Waals surface area contributed by atoms with Gasteiger partial charge in [-0.25, -0.2) is 4.79 Å². The molecule has 0 aliphatic carbocycles. The van der Waals surface area contributed by atoms with Gasteiger partial charge in [0.25, 0.3) is 0 Å². The molecule has 0 bridgehead atoms. The zero-order valence-electron chi connectivity index (χ0n) is 16.0. The van der Waals surface area contributed by atoms with Gasteiger partial charge in [-0.05, 0) is 43.0 Å². The molecule has 144 valence electrons. The Labute approximate surface area is 161 Å². The SMILES string of the molecule is CC(CCc1ccccc1)NC(=O)NCc1ccc(N2CCOCC2)cc1. The van der Waals surface area contributed by atoms with Crippen molar-refractivity contribution >= 4 is 11.7 Å². The van der Waals surface area contributed by atoms with E-state index in [0.29, 0.717) is 6.54 Å². The molecule has 3 rings (SSSR count). The number of hydrogen-bond acceptors (Lipinski definition) is 3. The van der Waals surface area contributed by atoms with Crippen LogP contribution < -0.4 is 15.5 Å². The van der Waals surface area contributed by atoms with Crippen LogP contribution in [0.2, 0.25) is 0 Å².